The third-order valence-corrected chi connectivity index (χ3v) is 12.4. The molecule has 0 bridgehead atoms. The summed E-state index contributed by atoms with van der Waals surface area (Å²) in [4.78, 5) is 27.3. The molecule has 310 valence electrons. The van der Waals surface area contributed by atoms with Crippen LogP contribution in [0.2, 0.25) is 0 Å². The molecule has 1 rings (SSSR count). The average molecular weight is 772 g/mol. The summed E-state index contributed by atoms with van der Waals surface area (Å²) in [5.74, 6) is 2.58. The van der Waals surface area contributed by atoms with E-state index >= 15 is 0 Å². The van der Waals surface area contributed by atoms with Crippen LogP contribution in [0.1, 0.15) is 188 Å². The third-order valence-electron chi connectivity index (χ3n) is 10.1. The van der Waals surface area contributed by atoms with Crippen LogP contribution in [0.15, 0.2) is 0 Å². The standard InChI is InChI=1S/C28H58N4OS2.C15H31NO/c1-3-5-6-7-8-9-10-11-12-13-14-15-17-30-28(33)16-21-31(20-4-2)24-26-34-35-27-25-32-22-18-29-19-23-32;1-2-3-4-5-6-7-8-9-10-11-12-13-14-16-15-17/h29H,3-27H2,1-2H3,(H,30,33);15H,2-14H2,1H3,(H,16,17). The molecule has 2 amide bonds. The number of carbonyl (C=O) groups excluding carboxylic acids is 2. The van der Waals surface area contributed by atoms with E-state index in [4.69, 9.17) is 0 Å². The van der Waals surface area contributed by atoms with Crippen LogP contribution in [0, 0.1) is 0 Å². The summed E-state index contributed by atoms with van der Waals surface area (Å²) >= 11 is 0. The highest BCUT2D eigenvalue weighted by Gasteiger charge is 2.10. The van der Waals surface area contributed by atoms with E-state index in [0.717, 1.165) is 77.2 Å². The van der Waals surface area contributed by atoms with Crippen molar-refractivity contribution >= 4 is 33.9 Å². The van der Waals surface area contributed by atoms with Gasteiger partial charge in [-0.05, 0) is 25.8 Å². The van der Waals surface area contributed by atoms with Gasteiger partial charge in [0.15, 0.2) is 0 Å². The summed E-state index contributed by atoms with van der Waals surface area (Å²) in [7, 11) is 4.00. The fraction of sp³-hybridized carbons (Fsp3) is 0.953. The molecular weight excluding hydrogens is 683 g/mol. The zero-order valence-corrected chi connectivity index (χ0v) is 36.6. The lowest BCUT2D eigenvalue weighted by Gasteiger charge is -2.26. The lowest BCUT2D eigenvalue weighted by molar-refractivity contribution is -0.121. The molecule has 0 saturated carbocycles. The van der Waals surface area contributed by atoms with E-state index in [1.807, 2.05) is 21.6 Å². The van der Waals surface area contributed by atoms with Crippen LogP contribution in [0.3, 0.4) is 0 Å². The number of unbranched alkanes of at least 4 members (excludes halogenated alkanes) is 22. The second kappa shape index (κ2) is 44.9. The van der Waals surface area contributed by atoms with Gasteiger partial charge in [-0.1, -0.05) is 184 Å². The number of carbonyl (C=O) groups is 2. The second-order valence-corrected chi connectivity index (χ2v) is 17.7. The molecule has 1 heterocycles. The highest BCUT2D eigenvalue weighted by molar-refractivity contribution is 8.76. The molecule has 9 heteroatoms. The van der Waals surface area contributed by atoms with E-state index in [1.54, 1.807) is 0 Å². The van der Waals surface area contributed by atoms with Crippen molar-refractivity contribution in [2.45, 2.75) is 188 Å². The number of amides is 2. The Balaban J connectivity index is 0.00000128. The average Bonchev–Trinajstić information content (AvgIpc) is 3.16. The van der Waals surface area contributed by atoms with Crippen LogP contribution < -0.4 is 16.0 Å². The van der Waals surface area contributed by atoms with E-state index in [0.29, 0.717) is 6.42 Å². The Bertz CT molecular complexity index is 715. The van der Waals surface area contributed by atoms with Gasteiger partial charge in [0.05, 0.1) is 0 Å². The fourth-order valence-corrected chi connectivity index (χ4v) is 8.76. The number of rotatable bonds is 39. The van der Waals surface area contributed by atoms with E-state index in [-0.39, 0.29) is 5.91 Å². The monoisotopic (exact) mass is 772 g/mol. The highest BCUT2D eigenvalue weighted by atomic mass is 33.1. The van der Waals surface area contributed by atoms with Gasteiger partial charge < -0.3 is 20.9 Å². The maximum absolute atomic E-state index is 12.3. The molecule has 0 aromatic rings. The number of nitrogens with zero attached hydrogens (tertiary/aromatic N) is 2. The molecule has 1 aliphatic rings. The predicted octanol–water partition coefficient (Wildman–Crippen LogP) is 10.6. The van der Waals surface area contributed by atoms with Crippen molar-refractivity contribution in [3.63, 3.8) is 0 Å². The molecule has 7 nitrogen and oxygen atoms in total. The predicted molar refractivity (Wildman–Crippen MR) is 235 cm³/mol. The van der Waals surface area contributed by atoms with E-state index in [2.05, 4.69) is 46.5 Å². The first-order chi connectivity index (χ1) is 25.7. The first kappa shape index (κ1) is 51.5. The Hall–Kier alpha value is -0.480. The molecule has 1 fully saturated rings. The second-order valence-electron chi connectivity index (χ2n) is 15.0. The minimum atomic E-state index is 0.229. The van der Waals surface area contributed by atoms with Crippen molar-refractivity contribution < 1.29 is 9.59 Å². The van der Waals surface area contributed by atoms with Gasteiger partial charge in [-0.25, -0.2) is 0 Å². The van der Waals surface area contributed by atoms with Gasteiger partial charge >= 0.3 is 0 Å². The fourth-order valence-electron chi connectivity index (χ4n) is 6.71. The molecule has 0 aromatic heterocycles. The molecule has 3 N–H and O–H groups in total. The van der Waals surface area contributed by atoms with E-state index in [9.17, 15) is 9.59 Å². The lowest BCUT2D eigenvalue weighted by atomic mass is 10.1. The number of piperazine rings is 1. The van der Waals surface area contributed by atoms with Gasteiger partial charge in [0, 0.05) is 76.8 Å². The highest BCUT2D eigenvalue weighted by Crippen LogP contribution is 2.21. The molecule has 0 spiro atoms. The Morgan fingerprint density at radius 2 is 1.06 bits per heavy atom. The van der Waals surface area contributed by atoms with Crippen LogP contribution in [0.5, 0.6) is 0 Å². The molecule has 0 atom stereocenters. The van der Waals surface area contributed by atoms with Crippen LogP contribution in [-0.4, -0.2) is 99.1 Å². The molecule has 0 aromatic carbocycles. The molecule has 1 aliphatic heterocycles. The van der Waals surface area contributed by atoms with Crippen molar-refractivity contribution in [1.82, 2.24) is 25.8 Å². The summed E-state index contributed by atoms with van der Waals surface area (Å²) < 4.78 is 0. The number of hydrogen-bond donors (Lipinski definition) is 3. The first-order valence-corrected chi connectivity index (χ1v) is 25.0. The zero-order valence-electron chi connectivity index (χ0n) is 35.0. The molecule has 52 heavy (non-hydrogen) atoms. The summed E-state index contributed by atoms with van der Waals surface area (Å²) in [6.07, 6.45) is 35.3. The van der Waals surface area contributed by atoms with Gasteiger partial charge in [0.2, 0.25) is 12.3 Å². The number of nitrogens with one attached hydrogen (secondary N) is 3. The smallest absolute Gasteiger partial charge is 0.221 e. The summed E-state index contributed by atoms with van der Waals surface area (Å²) in [6.45, 7) is 17.4. The largest absolute Gasteiger partial charge is 0.359 e. The lowest BCUT2D eigenvalue weighted by Crippen LogP contribution is -2.44. The Morgan fingerprint density at radius 3 is 1.54 bits per heavy atom. The minimum Gasteiger partial charge on any atom is -0.359 e. The van der Waals surface area contributed by atoms with Gasteiger partial charge in [-0.2, -0.15) is 0 Å². The van der Waals surface area contributed by atoms with Crippen molar-refractivity contribution in [3.8, 4) is 0 Å². The molecule has 1 saturated heterocycles. The van der Waals surface area contributed by atoms with E-state index in [1.165, 1.54) is 167 Å². The Morgan fingerprint density at radius 1 is 0.596 bits per heavy atom. The topological polar surface area (TPSA) is 76.7 Å². The SMILES string of the molecule is CCCCCCCCCCCCCCNC(=O)CCN(CCC)CCSSCCN1CCNCC1.CCCCCCCCCCCCCCNC=O. The van der Waals surface area contributed by atoms with Gasteiger partial charge in [-0.15, -0.1) is 0 Å². The van der Waals surface area contributed by atoms with Crippen LogP contribution in [0.25, 0.3) is 0 Å². The van der Waals surface area contributed by atoms with Crippen LogP contribution in [0.4, 0.5) is 0 Å². The van der Waals surface area contributed by atoms with Gasteiger partial charge in [-0.3, -0.25) is 14.5 Å². The van der Waals surface area contributed by atoms with Crippen molar-refractivity contribution in [2.75, 3.05) is 77.0 Å². The van der Waals surface area contributed by atoms with Crippen LogP contribution in [-0.2, 0) is 9.59 Å². The summed E-state index contributed by atoms with van der Waals surface area (Å²) in [6, 6.07) is 0. The van der Waals surface area contributed by atoms with Crippen molar-refractivity contribution in [1.29, 1.82) is 0 Å². The summed E-state index contributed by atoms with van der Waals surface area (Å²) in [5.41, 5.74) is 0. The Kier molecular flexibility index (Phi) is 44.5. The molecule has 0 unspecified atom stereocenters. The maximum Gasteiger partial charge on any atom is 0.221 e. The number of hydrogen-bond acceptors (Lipinski definition) is 7. The van der Waals surface area contributed by atoms with Crippen molar-refractivity contribution in [2.24, 2.45) is 0 Å². The third kappa shape index (κ3) is 40.7. The zero-order chi connectivity index (χ0) is 37.8. The van der Waals surface area contributed by atoms with Gasteiger partial charge in [0.25, 0.3) is 0 Å². The normalized spacial score (nSPS) is 13.2. The molecule has 0 radical (unpaired) electrons. The molecule has 0 aliphatic carbocycles. The first-order valence-electron chi connectivity index (χ1n) is 22.5. The van der Waals surface area contributed by atoms with Crippen molar-refractivity contribution in [3.05, 3.63) is 0 Å². The minimum absolute atomic E-state index is 0.229. The van der Waals surface area contributed by atoms with E-state index < -0.39 is 0 Å². The van der Waals surface area contributed by atoms with Crippen LogP contribution >= 0.6 is 21.6 Å². The summed E-state index contributed by atoms with van der Waals surface area (Å²) in [5, 5.41) is 9.26. The molecular formula is C43H89N5O2S2. The van der Waals surface area contributed by atoms with Gasteiger partial charge in [0.1, 0.15) is 0 Å². The maximum atomic E-state index is 12.3. The Labute approximate surface area is 332 Å². The quantitative estimate of drug-likeness (QED) is 0.0326.